The third kappa shape index (κ3) is 1.52. The van der Waals surface area contributed by atoms with Crippen LogP contribution in [0.3, 0.4) is 0 Å². The maximum absolute atomic E-state index is 10.8. The molecule has 74 valence electrons. The largest absolute Gasteiger partial charge is 0.478 e. The highest BCUT2D eigenvalue weighted by atomic mass is 16.4. The predicted octanol–water partition coefficient (Wildman–Crippen LogP) is 2.51. The van der Waals surface area contributed by atoms with Crippen molar-refractivity contribution in [3.63, 3.8) is 0 Å². The Morgan fingerprint density at radius 1 is 1.43 bits per heavy atom. The van der Waals surface area contributed by atoms with E-state index in [0.29, 0.717) is 11.5 Å². The number of aromatic carboxylic acids is 1. The fraction of sp³-hybridized carbons (Fsp3) is 0.417. The Morgan fingerprint density at radius 3 is 2.79 bits per heavy atom. The lowest BCUT2D eigenvalue weighted by Gasteiger charge is -2.01. The fourth-order valence-corrected chi connectivity index (χ4v) is 2.13. The average Bonchev–Trinajstić information content (AvgIpc) is 2.58. The summed E-state index contributed by atoms with van der Waals surface area (Å²) < 4.78 is 0. The average molecular weight is 190 g/mol. The molecule has 0 amide bonds. The van der Waals surface area contributed by atoms with E-state index in [4.69, 9.17) is 5.11 Å². The van der Waals surface area contributed by atoms with Gasteiger partial charge in [-0.3, -0.25) is 0 Å². The van der Waals surface area contributed by atoms with E-state index >= 15 is 0 Å². The Kier molecular flexibility index (Phi) is 2.28. The molecule has 2 nitrogen and oxygen atoms in total. The van der Waals surface area contributed by atoms with Gasteiger partial charge in [0.1, 0.15) is 0 Å². The van der Waals surface area contributed by atoms with Crippen LogP contribution in [0.5, 0.6) is 0 Å². The van der Waals surface area contributed by atoms with E-state index in [1.54, 1.807) is 6.07 Å². The third-order valence-electron chi connectivity index (χ3n) is 3.05. The molecular weight excluding hydrogens is 176 g/mol. The number of carboxylic acid groups (broad SMARTS) is 1. The number of benzene rings is 1. The van der Waals surface area contributed by atoms with E-state index in [9.17, 15) is 4.79 Å². The lowest BCUT2D eigenvalue weighted by atomic mass is 10.0. The summed E-state index contributed by atoms with van der Waals surface area (Å²) in [5.41, 5.74) is 2.99. The smallest absolute Gasteiger partial charge is 0.335 e. The summed E-state index contributed by atoms with van der Waals surface area (Å²) in [4.78, 5) is 10.8. The normalized spacial score (nSPS) is 19.4. The molecule has 0 spiro atoms. The Labute approximate surface area is 83.6 Å². The zero-order valence-corrected chi connectivity index (χ0v) is 8.29. The first-order valence-electron chi connectivity index (χ1n) is 5.05. The van der Waals surface area contributed by atoms with Gasteiger partial charge in [-0.1, -0.05) is 19.4 Å². The molecule has 1 atom stereocenters. The molecule has 2 rings (SSSR count). The van der Waals surface area contributed by atoms with Gasteiger partial charge in [0.2, 0.25) is 0 Å². The number of hydrogen-bond donors (Lipinski definition) is 1. The van der Waals surface area contributed by atoms with Crippen LogP contribution in [0, 0.1) is 5.92 Å². The summed E-state index contributed by atoms with van der Waals surface area (Å²) in [6.07, 6.45) is 3.34. The first-order chi connectivity index (χ1) is 6.70. The maximum Gasteiger partial charge on any atom is 0.335 e. The van der Waals surface area contributed by atoms with E-state index in [1.165, 1.54) is 17.5 Å². The standard InChI is InChI=1S/C12H14O2/c1-2-8-5-9-3-4-10(12(13)14)7-11(9)6-8/h3-4,7-8H,2,5-6H2,1H3,(H,13,14). The lowest BCUT2D eigenvalue weighted by molar-refractivity contribution is 0.0697. The highest BCUT2D eigenvalue weighted by molar-refractivity contribution is 5.88. The van der Waals surface area contributed by atoms with Crippen molar-refractivity contribution in [1.29, 1.82) is 0 Å². The summed E-state index contributed by atoms with van der Waals surface area (Å²) in [5, 5.41) is 8.84. The van der Waals surface area contributed by atoms with Gasteiger partial charge in [0.05, 0.1) is 5.56 Å². The summed E-state index contributed by atoms with van der Waals surface area (Å²) in [6.45, 7) is 2.19. The second-order valence-corrected chi connectivity index (χ2v) is 3.97. The maximum atomic E-state index is 10.8. The van der Waals surface area contributed by atoms with E-state index in [0.717, 1.165) is 12.8 Å². The van der Waals surface area contributed by atoms with Crippen LogP contribution >= 0.6 is 0 Å². The molecule has 1 N–H and O–H groups in total. The summed E-state index contributed by atoms with van der Waals surface area (Å²) in [7, 11) is 0. The highest BCUT2D eigenvalue weighted by Gasteiger charge is 2.20. The van der Waals surface area contributed by atoms with E-state index in [2.05, 4.69) is 6.92 Å². The number of carbonyl (C=O) groups is 1. The molecule has 2 heteroatoms. The van der Waals surface area contributed by atoms with Crippen molar-refractivity contribution in [2.45, 2.75) is 26.2 Å². The molecule has 0 aliphatic heterocycles. The molecule has 0 saturated carbocycles. The SMILES string of the molecule is CCC1Cc2ccc(C(=O)O)cc2C1. The molecule has 1 aliphatic rings. The fourth-order valence-electron chi connectivity index (χ4n) is 2.13. The first-order valence-corrected chi connectivity index (χ1v) is 5.05. The van der Waals surface area contributed by atoms with E-state index in [1.807, 2.05) is 12.1 Å². The van der Waals surface area contributed by atoms with Gasteiger partial charge in [0.15, 0.2) is 0 Å². The van der Waals surface area contributed by atoms with Crippen molar-refractivity contribution >= 4 is 5.97 Å². The van der Waals surface area contributed by atoms with Crippen molar-refractivity contribution in [2.75, 3.05) is 0 Å². The topological polar surface area (TPSA) is 37.3 Å². The van der Waals surface area contributed by atoms with Crippen LogP contribution in [-0.2, 0) is 12.8 Å². The molecule has 0 radical (unpaired) electrons. The first kappa shape index (κ1) is 9.25. The molecule has 14 heavy (non-hydrogen) atoms. The quantitative estimate of drug-likeness (QED) is 0.778. The van der Waals surface area contributed by atoms with Gasteiger partial charge in [-0.05, 0) is 42.0 Å². The molecule has 0 aromatic heterocycles. The minimum Gasteiger partial charge on any atom is -0.478 e. The molecule has 0 heterocycles. The number of hydrogen-bond acceptors (Lipinski definition) is 1. The van der Waals surface area contributed by atoms with E-state index < -0.39 is 5.97 Å². The van der Waals surface area contributed by atoms with Gasteiger partial charge in [-0.15, -0.1) is 0 Å². The Balaban J connectivity index is 2.31. The van der Waals surface area contributed by atoms with Crippen LogP contribution in [-0.4, -0.2) is 11.1 Å². The second kappa shape index (κ2) is 3.45. The molecule has 1 aromatic rings. The summed E-state index contributed by atoms with van der Waals surface area (Å²) in [5.74, 6) is -0.109. The Morgan fingerprint density at radius 2 is 2.14 bits per heavy atom. The zero-order chi connectivity index (χ0) is 10.1. The number of rotatable bonds is 2. The Hall–Kier alpha value is -1.31. The van der Waals surface area contributed by atoms with Crippen LogP contribution in [0.4, 0.5) is 0 Å². The van der Waals surface area contributed by atoms with Gasteiger partial charge < -0.3 is 5.11 Å². The van der Waals surface area contributed by atoms with Crippen LogP contribution in [0.2, 0.25) is 0 Å². The third-order valence-corrected chi connectivity index (χ3v) is 3.05. The van der Waals surface area contributed by atoms with Crippen LogP contribution in [0.25, 0.3) is 0 Å². The molecule has 1 unspecified atom stereocenters. The highest BCUT2D eigenvalue weighted by Crippen LogP contribution is 2.29. The molecule has 1 aliphatic carbocycles. The predicted molar refractivity (Wildman–Crippen MR) is 54.6 cm³/mol. The van der Waals surface area contributed by atoms with Gasteiger partial charge in [-0.2, -0.15) is 0 Å². The molecule has 0 fully saturated rings. The van der Waals surface area contributed by atoms with Crippen molar-refractivity contribution in [1.82, 2.24) is 0 Å². The van der Waals surface area contributed by atoms with Gasteiger partial charge >= 0.3 is 5.97 Å². The minimum atomic E-state index is -0.826. The summed E-state index contributed by atoms with van der Waals surface area (Å²) >= 11 is 0. The van der Waals surface area contributed by atoms with Crippen molar-refractivity contribution in [3.8, 4) is 0 Å². The minimum absolute atomic E-state index is 0.417. The lowest BCUT2D eigenvalue weighted by Crippen LogP contribution is -1.97. The van der Waals surface area contributed by atoms with Crippen molar-refractivity contribution in [3.05, 3.63) is 34.9 Å². The molecule has 0 saturated heterocycles. The van der Waals surface area contributed by atoms with Crippen molar-refractivity contribution in [2.24, 2.45) is 5.92 Å². The second-order valence-electron chi connectivity index (χ2n) is 3.97. The molecule has 1 aromatic carbocycles. The van der Waals surface area contributed by atoms with Crippen LogP contribution < -0.4 is 0 Å². The monoisotopic (exact) mass is 190 g/mol. The van der Waals surface area contributed by atoms with Crippen LogP contribution in [0.1, 0.15) is 34.8 Å². The van der Waals surface area contributed by atoms with Crippen molar-refractivity contribution < 1.29 is 9.90 Å². The zero-order valence-electron chi connectivity index (χ0n) is 8.29. The number of fused-ring (bicyclic) bond motifs is 1. The van der Waals surface area contributed by atoms with Crippen LogP contribution in [0.15, 0.2) is 18.2 Å². The summed E-state index contributed by atoms with van der Waals surface area (Å²) in [6, 6.07) is 5.50. The van der Waals surface area contributed by atoms with E-state index in [-0.39, 0.29) is 0 Å². The van der Waals surface area contributed by atoms with Gasteiger partial charge in [0.25, 0.3) is 0 Å². The van der Waals surface area contributed by atoms with Gasteiger partial charge in [-0.25, -0.2) is 4.79 Å². The van der Waals surface area contributed by atoms with Gasteiger partial charge in [0, 0.05) is 0 Å². The molecular formula is C12H14O2. The molecule has 0 bridgehead atoms. The Bertz CT molecular complexity index is 369. The number of carboxylic acids is 1.